The van der Waals surface area contributed by atoms with E-state index in [1.165, 1.54) is 6.07 Å². The van der Waals surface area contributed by atoms with Crippen molar-refractivity contribution in [3.63, 3.8) is 0 Å². The fourth-order valence-corrected chi connectivity index (χ4v) is 4.05. The van der Waals surface area contributed by atoms with Crippen LogP contribution in [0.15, 0.2) is 46.9 Å². The van der Waals surface area contributed by atoms with Crippen molar-refractivity contribution < 1.29 is 23.4 Å². The molecule has 2 aromatic heterocycles. The van der Waals surface area contributed by atoms with Gasteiger partial charge in [-0.3, -0.25) is 0 Å². The molecule has 0 aliphatic carbocycles. The molecule has 4 rings (SSSR count). The van der Waals surface area contributed by atoms with Crippen molar-refractivity contribution in [1.82, 2.24) is 9.55 Å². The predicted octanol–water partition coefficient (Wildman–Crippen LogP) is 5.44. The molecule has 1 N–H and O–H groups in total. The average Bonchev–Trinajstić information content (AvgIpc) is 3.29. The first-order chi connectivity index (χ1) is 15.8. The number of hydrogen-bond donors (Lipinski definition) is 1. The summed E-state index contributed by atoms with van der Waals surface area (Å²) in [5.74, 6) is -0.0325. The number of oxazole rings is 1. The van der Waals surface area contributed by atoms with Crippen molar-refractivity contribution in [3.05, 3.63) is 76.6 Å². The van der Waals surface area contributed by atoms with E-state index in [0.717, 1.165) is 33.4 Å². The predicted molar refractivity (Wildman–Crippen MR) is 124 cm³/mol. The molecule has 0 saturated carbocycles. The fraction of sp³-hybridized carbons (Fsp3) is 0.308. The summed E-state index contributed by atoms with van der Waals surface area (Å²) in [4.78, 5) is 16.1. The van der Waals surface area contributed by atoms with Crippen LogP contribution in [0.25, 0.3) is 22.4 Å². The first-order valence-electron chi connectivity index (χ1n) is 10.9. The molecule has 2 aromatic carbocycles. The average molecular weight is 451 g/mol. The van der Waals surface area contributed by atoms with Crippen molar-refractivity contribution in [1.29, 1.82) is 0 Å². The van der Waals surface area contributed by atoms with Crippen molar-refractivity contribution in [2.45, 2.75) is 46.8 Å². The molecule has 33 heavy (non-hydrogen) atoms. The molecule has 7 heteroatoms. The number of halogens is 1. The van der Waals surface area contributed by atoms with Gasteiger partial charge in [0, 0.05) is 35.2 Å². The molecule has 1 unspecified atom stereocenters. The van der Waals surface area contributed by atoms with Crippen LogP contribution in [0.3, 0.4) is 0 Å². The number of ether oxygens (including phenoxy) is 1. The van der Waals surface area contributed by atoms with Gasteiger partial charge in [-0.2, -0.15) is 0 Å². The summed E-state index contributed by atoms with van der Waals surface area (Å²) in [6.07, 6.45) is -0.548. The molecule has 4 aromatic rings. The number of aromatic nitrogens is 2. The Bertz CT molecular complexity index is 1320. The van der Waals surface area contributed by atoms with Gasteiger partial charge in [0.25, 0.3) is 0 Å². The summed E-state index contributed by atoms with van der Waals surface area (Å²) in [5.41, 5.74) is 5.09. The SMILES string of the molecule is CCOC(Cc1ccc2c(c1)cc(C)n2Cc1nc(-c2ccc(F)c(C)c2)oc1C)C(=O)O. The Morgan fingerprint density at radius 1 is 1.18 bits per heavy atom. The van der Waals surface area contributed by atoms with E-state index in [9.17, 15) is 14.3 Å². The fourth-order valence-electron chi connectivity index (χ4n) is 4.05. The molecule has 0 aliphatic rings. The third-order valence-corrected chi connectivity index (χ3v) is 5.84. The van der Waals surface area contributed by atoms with Crippen LogP contribution in [-0.4, -0.2) is 33.3 Å². The number of rotatable bonds is 8. The van der Waals surface area contributed by atoms with Gasteiger partial charge in [-0.25, -0.2) is 14.2 Å². The summed E-state index contributed by atoms with van der Waals surface area (Å²) >= 11 is 0. The second-order valence-corrected chi connectivity index (χ2v) is 8.24. The highest BCUT2D eigenvalue weighted by Gasteiger charge is 2.19. The van der Waals surface area contributed by atoms with Gasteiger partial charge < -0.3 is 18.8 Å². The zero-order valence-corrected chi connectivity index (χ0v) is 19.2. The van der Waals surface area contributed by atoms with Crippen LogP contribution in [0, 0.1) is 26.6 Å². The number of carbonyl (C=O) groups is 1. The third-order valence-electron chi connectivity index (χ3n) is 5.84. The molecule has 0 bridgehead atoms. The first kappa shape index (κ1) is 22.7. The van der Waals surface area contributed by atoms with Gasteiger partial charge in [0.15, 0.2) is 6.10 Å². The Kier molecular flexibility index (Phi) is 6.33. The minimum Gasteiger partial charge on any atom is -0.479 e. The number of hydrogen-bond acceptors (Lipinski definition) is 4. The van der Waals surface area contributed by atoms with Crippen LogP contribution in [0.2, 0.25) is 0 Å². The summed E-state index contributed by atoms with van der Waals surface area (Å²) in [6, 6.07) is 12.9. The zero-order valence-electron chi connectivity index (χ0n) is 19.2. The maximum atomic E-state index is 13.6. The van der Waals surface area contributed by atoms with Crippen LogP contribution < -0.4 is 0 Å². The van der Waals surface area contributed by atoms with E-state index in [2.05, 4.69) is 15.6 Å². The number of benzene rings is 2. The van der Waals surface area contributed by atoms with Crippen molar-refractivity contribution >= 4 is 16.9 Å². The molecule has 1 atom stereocenters. The molecular formula is C26H27FN2O4. The standard InChI is InChI=1S/C26H27FN2O4/c1-5-32-24(26(30)31)13-18-6-9-23-20(12-18)11-16(3)29(23)14-22-17(4)33-25(28-22)19-7-8-21(27)15(2)10-19/h6-12,24H,5,13-14H2,1-4H3,(H,30,31). The lowest BCUT2D eigenvalue weighted by Crippen LogP contribution is -2.26. The zero-order chi connectivity index (χ0) is 23.7. The Labute approximate surface area is 191 Å². The lowest BCUT2D eigenvalue weighted by Gasteiger charge is -2.12. The number of nitrogens with zero attached hydrogens (tertiary/aromatic N) is 2. The lowest BCUT2D eigenvalue weighted by atomic mass is 10.1. The van der Waals surface area contributed by atoms with E-state index in [-0.39, 0.29) is 5.82 Å². The molecule has 0 radical (unpaired) electrons. The molecule has 0 spiro atoms. The van der Waals surface area contributed by atoms with E-state index < -0.39 is 12.1 Å². The summed E-state index contributed by atoms with van der Waals surface area (Å²) in [6.45, 7) is 8.29. The number of carboxylic acids is 1. The van der Waals surface area contributed by atoms with Crippen molar-refractivity contribution in [3.8, 4) is 11.5 Å². The lowest BCUT2D eigenvalue weighted by molar-refractivity contribution is -0.149. The maximum absolute atomic E-state index is 13.6. The quantitative estimate of drug-likeness (QED) is 0.387. The Morgan fingerprint density at radius 3 is 2.67 bits per heavy atom. The molecule has 2 heterocycles. The number of carboxylic acid groups (broad SMARTS) is 1. The topological polar surface area (TPSA) is 77.5 Å². The van der Waals surface area contributed by atoms with Gasteiger partial charge in [0.05, 0.1) is 6.54 Å². The summed E-state index contributed by atoms with van der Waals surface area (Å²) < 4.78 is 27.0. The molecule has 0 saturated heterocycles. The molecule has 6 nitrogen and oxygen atoms in total. The highest BCUT2D eigenvalue weighted by Crippen LogP contribution is 2.27. The van der Waals surface area contributed by atoms with Gasteiger partial charge in [-0.1, -0.05) is 6.07 Å². The van der Waals surface area contributed by atoms with Crippen molar-refractivity contribution in [2.24, 2.45) is 0 Å². The second kappa shape index (κ2) is 9.19. The Balaban J connectivity index is 1.61. The number of fused-ring (bicyclic) bond motifs is 1. The van der Waals surface area contributed by atoms with E-state index in [1.807, 2.05) is 32.0 Å². The van der Waals surface area contributed by atoms with Crippen molar-refractivity contribution in [2.75, 3.05) is 6.61 Å². The van der Waals surface area contributed by atoms with E-state index in [1.54, 1.807) is 26.0 Å². The van der Waals surface area contributed by atoms with Gasteiger partial charge in [-0.05, 0) is 75.2 Å². The van der Waals surface area contributed by atoms with Gasteiger partial charge in [0.1, 0.15) is 17.3 Å². The van der Waals surface area contributed by atoms with Crippen LogP contribution in [0.5, 0.6) is 0 Å². The van der Waals surface area contributed by atoms with E-state index in [4.69, 9.17) is 9.15 Å². The molecule has 0 aliphatic heterocycles. The number of aliphatic carboxylic acids is 1. The third kappa shape index (κ3) is 4.68. The van der Waals surface area contributed by atoms with E-state index in [0.29, 0.717) is 36.8 Å². The largest absolute Gasteiger partial charge is 0.479 e. The second-order valence-electron chi connectivity index (χ2n) is 8.24. The monoisotopic (exact) mass is 450 g/mol. The minimum absolute atomic E-state index is 0.257. The van der Waals surface area contributed by atoms with Gasteiger partial charge >= 0.3 is 5.97 Å². The summed E-state index contributed by atoms with van der Waals surface area (Å²) in [5, 5.41) is 10.4. The van der Waals surface area contributed by atoms with Crippen LogP contribution in [-0.2, 0) is 22.5 Å². The van der Waals surface area contributed by atoms with Gasteiger partial charge in [0.2, 0.25) is 5.89 Å². The van der Waals surface area contributed by atoms with Gasteiger partial charge in [-0.15, -0.1) is 0 Å². The van der Waals surface area contributed by atoms with Crippen LogP contribution in [0.4, 0.5) is 4.39 Å². The summed E-state index contributed by atoms with van der Waals surface area (Å²) in [7, 11) is 0. The van der Waals surface area contributed by atoms with E-state index >= 15 is 0 Å². The number of aryl methyl sites for hydroxylation is 3. The Hall–Kier alpha value is -3.45. The normalized spacial score (nSPS) is 12.4. The highest BCUT2D eigenvalue weighted by molar-refractivity contribution is 5.82. The Morgan fingerprint density at radius 2 is 1.97 bits per heavy atom. The minimum atomic E-state index is -0.959. The molecular weight excluding hydrogens is 423 g/mol. The van der Waals surface area contributed by atoms with Crippen LogP contribution >= 0.6 is 0 Å². The molecule has 172 valence electrons. The first-order valence-corrected chi connectivity index (χ1v) is 10.9. The highest BCUT2D eigenvalue weighted by atomic mass is 19.1. The molecule has 0 amide bonds. The smallest absolute Gasteiger partial charge is 0.333 e. The maximum Gasteiger partial charge on any atom is 0.333 e. The molecule has 0 fully saturated rings. The van der Waals surface area contributed by atoms with Crippen LogP contribution in [0.1, 0.15) is 35.2 Å².